The van der Waals surface area contributed by atoms with Gasteiger partial charge in [0.05, 0.1) is 0 Å². The molecule has 1 N–H and O–H groups in total. The molecule has 3 heterocycles. The van der Waals surface area contributed by atoms with Crippen LogP contribution in [0.25, 0.3) is 11.2 Å². The summed E-state index contributed by atoms with van der Waals surface area (Å²) < 4.78 is 2.11. The van der Waals surface area contributed by atoms with Crippen molar-refractivity contribution in [2.24, 2.45) is 7.05 Å². The Balaban J connectivity index is 1.72. The standard InChI is InChI=1S/C13H19N5/c1-17-12(4-8-18-9-6-14-7-10-18)16-11-3-2-5-15-13(11)17/h2-3,5,14H,4,6-10H2,1H3. The second kappa shape index (κ2) is 5.04. The highest BCUT2D eigenvalue weighted by atomic mass is 15.2. The van der Waals surface area contributed by atoms with Crippen molar-refractivity contribution >= 4 is 11.2 Å². The molecular weight excluding hydrogens is 226 g/mol. The maximum atomic E-state index is 4.65. The Bertz CT molecular complexity index is 527. The minimum atomic E-state index is 0.979. The molecule has 0 aliphatic carbocycles. The predicted molar refractivity (Wildman–Crippen MR) is 71.5 cm³/mol. The van der Waals surface area contributed by atoms with Gasteiger partial charge in [0.15, 0.2) is 5.65 Å². The van der Waals surface area contributed by atoms with E-state index >= 15 is 0 Å². The molecule has 1 fully saturated rings. The number of hydrogen-bond donors (Lipinski definition) is 1. The van der Waals surface area contributed by atoms with Crippen LogP contribution in [0.1, 0.15) is 5.82 Å². The Hall–Kier alpha value is -1.46. The molecule has 18 heavy (non-hydrogen) atoms. The van der Waals surface area contributed by atoms with E-state index in [2.05, 4.69) is 31.8 Å². The van der Waals surface area contributed by atoms with Crippen molar-refractivity contribution in [3.05, 3.63) is 24.2 Å². The number of imidazole rings is 1. The Morgan fingerprint density at radius 3 is 2.94 bits per heavy atom. The zero-order chi connectivity index (χ0) is 12.4. The highest BCUT2D eigenvalue weighted by molar-refractivity contribution is 5.70. The third-order valence-corrected chi connectivity index (χ3v) is 3.58. The van der Waals surface area contributed by atoms with Crippen molar-refractivity contribution in [1.29, 1.82) is 0 Å². The monoisotopic (exact) mass is 245 g/mol. The maximum absolute atomic E-state index is 4.65. The molecule has 5 nitrogen and oxygen atoms in total. The van der Waals surface area contributed by atoms with E-state index in [1.165, 1.54) is 0 Å². The van der Waals surface area contributed by atoms with Gasteiger partial charge in [0, 0.05) is 52.4 Å². The van der Waals surface area contributed by atoms with E-state index in [1.807, 2.05) is 18.3 Å². The first-order valence-corrected chi connectivity index (χ1v) is 6.54. The van der Waals surface area contributed by atoms with Crippen molar-refractivity contribution in [3.8, 4) is 0 Å². The third-order valence-electron chi connectivity index (χ3n) is 3.58. The summed E-state index contributed by atoms with van der Waals surface area (Å²) in [6.45, 7) is 5.57. The number of nitrogens with zero attached hydrogens (tertiary/aromatic N) is 4. The number of nitrogens with one attached hydrogen (secondary N) is 1. The highest BCUT2D eigenvalue weighted by Crippen LogP contribution is 2.12. The zero-order valence-electron chi connectivity index (χ0n) is 10.8. The van der Waals surface area contributed by atoms with Crippen LogP contribution in [0.3, 0.4) is 0 Å². The van der Waals surface area contributed by atoms with Crippen LogP contribution in [0.5, 0.6) is 0 Å². The van der Waals surface area contributed by atoms with Crippen LogP contribution in [0, 0.1) is 0 Å². The second-order valence-electron chi connectivity index (χ2n) is 4.77. The fraction of sp³-hybridized carbons (Fsp3) is 0.538. The van der Waals surface area contributed by atoms with E-state index in [0.29, 0.717) is 0 Å². The lowest BCUT2D eigenvalue weighted by molar-refractivity contribution is 0.242. The molecule has 5 heteroatoms. The fourth-order valence-corrected chi connectivity index (χ4v) is 2.49. The van der Waals surface area contributed by atoms with Gasteiger partial charge in [-0.2, -0.15) is 0 Å². The van der Waals surface area contributed by atoms with Crippen LogP contribution in [-0.2, 0) is 13.5 Å². The highest BCUT2D eigenvalue weighted by Gasteiger charge is 2.12. The number of aromatic nitrogens is 3. The first-order chi connectivity index (χ1) is 8.84. The van der Waals surface area contributed by atoms with E-state index < -0.39 is 0 Å². The topological polar surface area (TPSA) is 46.0 Å². The Kier molecular flexibility index (Phi) is 3.25. The van der Waals surface area contributed by atoms with E-state index in [-0.39, 0.29) is 0 Å². The van der Waals surface area contributed by atoms with Crippen molar-refractivity contribution in [2.75, 3.05) is 32.7 Å². The van der Waals surface area contributed by atoms with Gasteiger partial charge in [-0.3, -0.25) is 0 Å². The minimum Gasteiger partial charge on any atom is -0.316 e. The fourth-order valence-electron chi connectivity index (χ4n) is 2.49. The summed E-state index contributed by atoms with van der Waals surface area (Å²) in [4.78, 5) is 11.5. The van der Waals surface area contributed by atoms with Gasteiger partial charge in [0.1, 0.15) is 11.3 Å². The van der Waals surface area contributed by atoms with Gasteiger partial charge in [-0.05, 0) is 12.1 Å². The molecule has 0 aromatic carbocycles. The summed E-state index contributed by atoms with van der Waals surface area (Å²) >= 11 is 0. The summed E-state index contributed by atoms with van der Waals surface area (Å²) in [5, 5.41) is 3.37. The summed E-state index contributed by atoms with van der Waals surface area (Å²) in [7, 11) is 2.05. The van der Waals surface area contributed by atoms with Crippen LogP contribution < -0.4 is 5.32 Å². The number of piperazine rings is 1. The zero-order valence-corrected chi connectivity index (χ0v) is 10.8. The van der Waals surface area contributed by atoms with Crippen molar-refractivity contribution in [3.63, 3.8) is 0 Å². The molecule has 1 aliphatic rings. The Morgan fingerprint density at radius 1 is 1.33 bits per heavy atom. The molecule has 2 aromatic rings. The summed E-state index contributed by atoms with van der Waals surface area (Å²) in [6.07, 6.45) is 2.82. The molecular formula is C13H19N5. The smallest absolute Gasteiger partial charge is 0.159 e. The molecule has 0 unspecified atom stereocenters. The van der Waals surface area contributed by atoms with Gasteiger partial charge in [-0.1, -0.05) is 0 Å². The predicted octanol–water partition coefficient (Wildman–Crippen LogP) is 0.416. The lowest BCUT2D eigenvalue weighted by atomic mass is 10.3. The molecule has 3 rings (SSSR count). The maximum Gasteiger partial charge on any atom is 0.159 e. The van der Waals surface area contributed by atoms with Crippen LogP contribution in [-0.4, -0.2) is 52.2 Å². The molecule has 1 aliphatic heterocycles. The van der Waals surface area contributed by atoms with Gasteiger partial charge in [-0.15, -0.1) is 0 Å². The van der Waals surface area contributed by atoms with E-state index in [0.717, 1.165) is 56.1 Å². The van der Waals surface area contributed by atoms with Crippen LogP contribution >= 0.6 is 0 Å². The molecule has 0 saturated carbocycles. The van der Waals surface area contributed by atoms with Gasteiger partial charge in [0.2, 0.25) is 0 Å². The number of fused-ring (bicyclic) bond motifs is 1. The van der Waals surface area contributed by atoms with E-state index in [4.69, 9.17) is 0 Å². The van der Waals surface area contributed by atoms with Crippen molar-refractivity contribution in [2.45, 2.75) is 6.42 Å². The third kappa shape index (κ3) is 2.23. The van der Waals surface area contributed by atoms with Crippen molar-refractivity contribution < 1.29 is 0 Å². The number of aryl methyl sites for hydroxylation is 1. The summed E-state index contributed by atoms with van der Waals surface area (Å²) in [6, 6.07) is 3.96. The lowest BCUT2D eigenvalue weighted by Crippen LogP contribution is -2.44. The van der Waals surface area contributed by atoms with Crippen LogP contribution in [0.4, 0.5) is 0 Å². The average Bonchev–Trinajstić information content (AvgIpc) is 2.75. The quantitative estimate of drug-likeness (QED) is 0.851. The Morgan fingerprint density at radius 2 is 2.17 bits per heavy atom. The first kappa shape index (κ1) is 11.6. The van der Waals surface area contributed by atoms with Gasteiger partial charge in [0.25, 0.3) is 0 Å². The normalized spacial score (nSPS) is 17.4. The molecule has 0 amide bonds. The molecule has 1 saturated heterocycles. The van der Waals surface area contributed by atoms with Gasteiger partial charge >= 0.3 is 0 Å². The summed E-state index contributed by atoms with van der Waals surface area (Å²) in [5.41, 5.74) is 1.98. The molecule has 2 aromatic heterocycles. The molecule has 0 atom stereocenters. The number of rotatable bonds is 3. The van der Waals surface area contributed by atoms with Crippen LogP contribution in [0.2, 0.25) is 0 Å². The van der Waals surface area contributed by atoms with Gasteiger partial charge in [-0.25, -0.2) is 9.97 Å². The van der Waals surface area contributed by atoms with E-state index in [1.54, 1.807) is 0 Å². The first-order valence-electron chi connectivity index (χ1n) is 6.54. The number of hydrogen-bond acceptors (Lipinski definition) is 4. The molecule has 96 valence electrons. The number of pyridine rings is 1. The SMILES string of the molecule is Cn1c(CCN2CCNCC2)nc2cccnc21. The second-order valence-corrected chi connectivity index (χ2v) is 4.77. The van der Waals surface area contributed by atoms with Gasteiger partial charge < -0.3 is 14.8 Å². The van der Waals surface area contributed by atoms with Crippen LogP contribution in [0.15, 0.2) is 18.3 Å². The molecule has 0 bridgehead atoms. The molecule has 0 radical (unpaired) electrons. The lowest BCUT2D eigenvalue weighted by Gasteiger charge is -2.26. The Labute approximate surface area is 107 Å². The van der Waals surface area contributed by atoms with E-state index in [9.17, 15) is 0 Å². The average molecular weight is 245 g/mol. The molecule has 0 spiro atoms. The van der Waals surface area contributed by atoms with Crippen molar-refractivity contribution in [1.82, 2.24) is 24.8 Å². The minimum absolute atomic E-state index is 0.979. The largest absolute Gasteiger partial charge is 0.316 e. The summed E-state index contributed by atoms with van der Waals surface area (Å²) in [5.74, 6) is 1.13.